The van der Waals surface area contributed by atoms with Crippen molar-refractivity contribution in [1.82, 2.24) is 5.32 Å². The summed E-state index contributed by atoms with van der Waals surface area (Å²) in [4.78, 5) is 4.23. The van der Waals surface area contributed by atoms with Gasteiger partial charge in [-0.3, -0.25) is 4.99 Å². The Hall–Kier alpha value is -1.90. The molecule has 0 unspecified atom stereocenters. The highest BCUT2D eigenvalue weighted by atomic mass is 127. The van der Waals surface area contributed by atoms with Crippen LogP contribution in [0.25, 0.3) is 0 Å². The van der Waals surface area contributed by atoms with Crippen molar-refractivity contribution in [2.75, 3.05) is 20.2 Å². The molecule has 3 N–H and O–H groups in total. The Morgan fingerprint density at radius 3 is 2.28 bits per heavy atom. The number of rotatable bonds is 7. The van der Waals surface area contributed by atoms with E-state index in [4.69, 9.17) is 10.5 Å². The molecule has 0 aromatic heterocycles. The van der Waals surface area contributed by atoms with E-state index in [1.807, 2.05) is 24.3 Å². The Balaban J connectivity index is 0.00000312. The maximum Gasteiger partial charge on any atom is 0.188 e. The summed E-state index contributed by atoms with van der Waals surface area (Å²) in [6.07, 6.45) is 1.23. The molecule has 0 aliphatic rings. The third-order valence-electron chi connectivity index (χ3n) is 3.48. The second-order valence-electron chi connectivity index (χ2n) is 5.32. The van der Waals surface area contributed by atoms with Gasteiger partial charge >= 0.3 is 0 Å². The van der Waals surface area contributed by atoms with Crippen LogP contribution in [0.3, 0.4) is 0 Å². The van der Waals surface area contributed by atoms with Crippen molar-refractivity contribution < 1.29 is 13.5 Å². The minimum Gasteiger partial charge on any atom is -0.497 e. The molecule has 0 atom stereocenters. The molecule has 0 bridgehead atoms. The van der Waals surface area contributed by atoms with Crippen LogP contribution in [0.4, 0.5) is 8.78 Å². The summed E-state index contributed by atoms with van der Waals surface area (Å²) >= 11 is 0. The first-order chi connectivity index (χ1) is 11.6. The molecule has 0 saturated carbocycles. The summed E-state index contributed by atoms with van der Waals surface area (Å²) < 4.78 is 31.2. The molecule has 136 valence electrons. The topological polar surface area (TPSA) is 59.6 Å². The number of nitrogens with two attached hydrogens (primary N) is 1. The third kappa shape index (κ3) is 7.68. The molecule has 0 saturated heterocycles. The number of benzene rings is 2. The molecular weight excluding hydrogens is 439 g/mol. The van der Waals surface area contributed by atoms with Crippen LogP contribution in [0.1, 0.15) is 11.1 Å². The van der Waals surface area contributed by atoms with Crippen LogP contribution in [0.15, 0.2) is 47.5 Å². The normalized spacial score (nSPS) is 10.9. The van der Waals surface area contributed by atoms with E-state index in [0.29, 0.717) is 31.0 Å². The molecule has 0 aliphatic heterocycles. The zero-order valence-electron chi connectivity index (χ0n) is 14.0. The van der Waals surface area contributed by atoms with Crippen molar-refractivity contribution in [1.29, 1.82) is 0 Å². The van der Waals surface area contributed by atoms with Gasteiger partial charge in [0.25, 0.3) is 0 Å². The number of ether oxygens (including phenoxy) is 1. The lowest BCUT2D eigenvalue weighted by molar-refractivity contribution is 0.414. The Kier molecular flexibility index (Phi) is 9.18. The van der Waals surface area contributed by atoms with Gasteiger partial charge in [0.1, 0.15) is 17.4 Å². The number of hydrogen-bond donors (Lipinski definition) is 2. The summed E-state index contributed by atoms with van der Waals surface area (Å²) in [6.45, 7) is 1.01. The maximum absolute atomic E-state index is 13.1. The SMILES string of the molecule is COc1ccc(CCN=C(N)NCCc2cc(F)cc(F)c2)cc1.I. The van der Waals surface area contributed by atoms with Gasteiger partial charge in [-0.2, -0.15) is 0 Å². The summed E-state index contributed by atoms with van der Waals surface area (Å²) in [5.41, 5.74) is 7.49. The number of nitrogens with one attached hydrogen (secondary N) is 1. The van der Waals surface area contributed by atoms with Crippen LogP contribution in [-0.2, 0) is 12.8 Å². The fourth-order valence-electron chi connectivity index (χ4n) is 2.24. The van der Waals surface area contributed by atoms with Crippen LogP contribution in [0, 0.1) is 11.6 Å². The van der Waals surface area contributed by atoms with Crippen molar-refractivity contribution in [3.63, 3.8) is 0 Å². The van der Waals surface area contributed by atoms with Crippen LogP contribution in [0.2, 0.25) is 0 Å². The van der Waals surface area contributed by atoms with Crippen molar-refractivity contribution in [2.45, 2.75) is 12.8 Å². The fourth-order valence-corrected chi connectivity index (χ4v) is 2.24. The van der Waals surface area contributed by atoms with E-state index in [1.165, 1.54) is 12.1 Å². The molecule has 7 heteroatoms. The van der Waals surface area contributed by atoms with Gasteiger partial charge in [-0.25, -0.2) is 8.78 Å². The van der Waals surface area contributed by atoms with Gasteiger partial charge in [0, 0.05) is 19.2 Å². The average molecular weight is 461 g/mol. The number of nitrogens with zero attached hydrogens (tertiary/aromatic N) is 1. The number of methoxy groups -OCH3 is 1. The van der Waals surface area contributed by atoms with E-state index in [-0.39, 0.29) is 24.0 Å². The van der Waals surface area contributed by atoms with Gasteiger partial charge in [-0.05, 0) is 48.2 Å². The molecule has 2 aromatic carbocycles. The summed E-state index contributed by atoms with van der Waals surface area (Å²) in [5, 5.41) is 2.94. The zero-order valence-corrected chi connectivity index (χ0v) is 16.3. The quantitative estimate of drug-likeness (QED) is 0.378. The Labute approximate surface area is 163 Å². The lowest BCUT2D eigenvalue weighted by Crippen LogP contribution is -2.33. The van der Waals surface area contributed by atoms with Crippen molar-refractivity contribution in [3.8, 4) is 5.75 Å². The Bertz CT molecular complexity index is 673. The second-order valence-corrected chi connectivity index (χ2v) is 5.32. The summed E-state index contributed by atoms with van der Waals surface area (Å²) in [5.74, 6) is -0.0186. The maximum atomic E-state index is 13.1. The van der Waals surface area contributed by atoms with Crippen molar-refractivity contribution in [3.05, 3.63) is 65.2 Å². The van der Waals surface area contributed by atoms with Crippen LogP contribution < -0.4 is 15.8 Å². The zero-order chi connectivity index (χ0) is 17.4. The smallest absolute Gasteiger partial charge is 0.188 e. The summed E-state index contributed by atoms with van der Waals surface area (Å²) in [7, 11) is 1.63. The Morgan fingerprint density at radius 2 is 1.68 bits per heavy atom. The van der Waals surface area contributed by atoms with Gasteiger partial charge in [0.2, 0.25) is 0 Å². The van der Waals surface area contributed by atoms with E-state index in [0.717, 1.165) is 23.8 Å². The minimum absolute atomic E-state index is 0. The van der Waals surface area contributed by atoms with Crippen LogP contribution in [-0.4, -0.2) is 26.2 Å². The van der Waals surface area contributed by atoms with Crippen molar-refractivity contribution >= 4 is 29.9 Å². The van der Waals surface area contributed by atoms with Gasteiger partial charge in [0.15, 0.2) is 5.96 Å². The number of aliphatic imine (C=N–C) groups is 1. The minimum atomic E-state index is -0.578. The van der Waals surface area contributed by atoms with E-state index in [2.05, 4.69) is 10.3 Å². The lowest BCUT2D eigenvalue weighted by Gasteiger charge is -2.06. The molecule has 0 amide bonds. The second kappa shape index (κ2) is 10.9. The van der Waals surface area contributed by atoms with Gasteiger partial charge in [-0.1, -0.05) is 12.1 Å². The molecule has 25 heavy (non-hydrogen) atoms. The number of hydrogen-bond acceptors (Lipinski definition) is 2. The first kappa shape index (κ1) is 21.1. The van der Waals surface area contributed by atoms with Gasteiger partial charge in [0.05, 0.1) is 7.11 Å². The van der Waals surface area contributed by atoms with E-state index < -0.39 is 11.6 Å². The highest BCUT2D eigenvalue weighted by Crippen LogP contribution is 2.11. The van der Waals surface area contributed by atoms with Gasteiger partial charge < -0.3 is 15.8 Å². The fraction of sp³-hybridized carbons (Fsp3) is 0.278. The molecule has 0 heterocycles. The molecule has 0 fully saturated rings. The van der Waals surface area contributed by atoms with Crippen LogP contribution >= 0.6 is 24.0 Å². The van der Waals surface area contributed by atoms with Crippen LogP contribution in [0.5, 0.6) is 5.75 Å². The molecule has 0 spiro atoms. The largest absolute Gasteiger partial charge is 0.497 e. The molecule has 0 radical (unpaired) electrons. The monoisotopic (exact) mass is 461 g/mol. The molecule has 4 nitrogen and oxygen atoms in total. The average Bonchev–Trinajstić information content (AvgIpc) is 2.54. The van der Waals surface area contributed by atoms with E-state index >= 15 is 0 Å². The van der Waals surface area contributed by atoms with E-state index in [9.17, 15) is 8.78 Å². The van der Waals surface area contributed by atoms with Crippen molar-refractivity contribution in [2.24, 2.45) is 10.7 Å². The highest BCUT2D eigenvalue weighted by Gasteiger charge is 2.01. The third-order valence-corrected chi connectivity index (χ3v) is 3.48. The molecule has 0 aliphatic carbocycles. The lowest BCUT2D eigenvalue weighted by atomic mass is 10.1. The predicted octanol–water partition coefficient (Wildman–Crippen LogP) is 3.28. The standard InChI is InChI=1S/C18H21F2N3O.HI/c1-24-17-4-2-13(3-5-17)6-8-22-18(21)23-9-7-14-10-15(19)12-16(20)11-14;/h2-5,10-12H,6-9H2,1H3,(H3,21,22,23);1H. The first-order valence-corrected chi connectivity index (χ1v) is 7.68. The highest BCUT2D eigenvalue weighted by molar-refractivity contribution is 14.0. The molecular formula is C18H22F2IN3O. The summed E-state index contributed by atoms with van der Waals surface area (Å²) in [6, 6.07) is 11.2. The Morgan fingerprint density at radius 1 is 1.04 bits per heavy atom. The number of halogens is 3. The first-order valence-electron chi connectivity index (χ1n) is 7.68. The molecule has 2 aromatic rings. The predicted molar refractivity (Wildman–Crippen MR) is 107 cm³/mol. The molecule has 2 rings (SSSR count). The number of guanidine groups is 1. The van der Waals surface area contributed by atoms with E-state index in [1.54, 1.807) is 7.11 Å². The van der Waals surface area contributed by atoms with Gasteiger partial charge in [-0.15, -0.1) is 24.0 Å².